The summed E-state index contributed by atoms with van der Waals surface area (Å²) in [6, 6.07) is 11.0. The number of amides is 1. The second-order valence-electron chi connectivity index (χ2n) is 6.84. The first-order chi connectivity index (χ1) is 13.3. The molecule has 2 aromatic rings. The minimum atomic E-state index is -3.36. The van der Waals surface area contributed by atoms with E-state index in [1.54, 1.807) is 23.1 Å². The minimum absolute atomic E-state index is 0.138. The maximum absolute atomic E-state index is 13.8. The van der Waals surface area contributed by atoms with Gasteiger partial charge in [-0.3, -0.25) is 9.69 Å². The predicted molar refractivity (Wildman–Crippen MR) is 104 cm³/mol. The first-order valence-corrected chi connectivity index (χ1v) is 10.8. The Morgan fingerprint density at radius 2 is 1.82 bits per heavy atom. The van der Waals surface area contributed by atoms with Gasteiger partial charge in [0.1, 0.15) is 0 Å². The van der Waals surface area contributed by atoms with E-state index in [-0.39, 0.29) is 22.4 Å². The summed E-state index contributed by atoms with van der Waals surface area (Å²) >= 11 is 0. The Bertz CT molecular complexity index is 970. The molecule has 3 rings (SSSR count). The Morgan fingerprint density at radius 1 is 1.11 bits per heavy atom. The fraction of sp³-hybridized carbons (Fsp3) is 0.350. The summed E-state index contributed by atoms with van der Waals surface area (Å²) < 4.78 is 42.2. The largest absolute Gasteiger partial charge is 0.494 e. The predicted octanol–water partition coefficient (Wildman–Crippen LogP) is 2.20. The van der Waals surface area contributed by atoms with Gasteiger partial charge in [0.15, 0.2) is 21.4 Å². The molecule has 2 aromatic carbocycles. The lowest BCUT2D eigenvalue weighted by Gasteiger charge is -2.34. The number of hydrogen-bond acceptors (Lipinski definition) is 5. The fourth-order valence-corrected chi connectivity index (χ4v) is 3.88. The first kappa shape index (κ1) is 20.3. The Hall–Kier alpha value is -2.45. The fourth-order valence-electron chi connectivity index (χ4n) is 3.22. The average Bonchev–Trinajstić information content (AvgIpc) is 2.68. The van der Waals surface area contributed by atoms with E-state index in [0.717, 1.165) is 11.8 Å². The van der Waals surface area contributed by atoms with Gasteiger partial charge in [0.05, 0.1) is 12.0 Å². The summed E-state index contributed by atoms with van der Waals surface area (Å²) in [6.45, 7) is 2.96. The summed E-state index contributed by atoms with van der Waals surface area (Å²) in [5, 5.41) is 0. The summed E-state index contributed by atoms with van der Waals surface area (Å²) in [6.07, 6.45) is 1.12. The first-order valence-electron chi connectivity index (χ1n) is 8.92. The summed E-state index contributed by atoms with van der Waals surface area (Å²) in [5.41, 5.74) is 1.22. The van der Waals surface area contributed by atoms with Gasteiger partial charge in [0, 0.05) is 44.5 Å². The molecule has 0 radical (unpaired) electrons. The lowest BCUT2D eigenvalue weighted by molar-refractivity contribution is 0.0628. The van der Waals surface area contributed by atoms with Crippen molar-refractivity contribution in [3.63, 3.8) is 0 Å². The van der Waals surface area contributed by atoms with Gasteiger partial charge in [-0.05, 0) is 35.9 Å². The number of ether oxygens (including phenoxy) is 1. The number of halogens is 1. The number of hydrogen-bond donors (Lipinski definition) is 0. The van der Waals surface area contributed by atoms with Crippen LogP contribution in [0.2, 0.25) is 0 Å². The van der Waals surface area contributed by atoms with Crippen LogP contribution in [0.5, 0.6) is 5.75 Å². The van der Waals surface area contributed by atoms with Crippen molar-refractivity contribution in [2.75, 3.05) is 39.5 Å². The average molecular weight is 406 g/mol. The van der Waals surface area contributed by atoms with Gasteiger partial charge in [-0.1, -0.05) is 12.1 Å². The quantitative estimate of drug-likeness (QED) is 0.762. The molecule has 150 valence electrons. The van der Waals surface area contributed by atoms with Gasteiger partial charge in [-0.25, -0.2) is 12.8 Å². The van der Waals surface area contributed by atoms with E-state index in [9.17, 15) is 17.6 Å². The summed E-state index contributed by atoms with van der Waals surface area (Å²) in [4.78, 5) is 16.7. The number of carbonyl (C=O) groups excluding carboxylic acids is 1. The van der Waals surface area contributed by atoms with Crippen molar-refractivity contribution in [1.82, 2.24) is 9.80 Å². The van der Waals surface area contributed by atoms with Crippen LogP contribution in [0.25, 0.3) is 0 Å². The molecule has 0 N–H and O–H groups in total. The molecule has 0 aromatic heterocycles. The second-order valence-corrected chi connectivity index (χ2v) is 8.85. The van der Waals surface area contributed by atoms with E-state index in [1.807, 2.05) is 6.07 Å². The molecule has 0 aliphatic carbocycles. The molecule has 0 atom stereocenters. The van der Waals surface area contributed by atoms with E-state index in [0.29, 0.717) is 38.3 Å². The van der Waals surface area contributed by atoms with E-state index < -0.39 is 9.84 Å². The van der Waals surface area contributed by atoms with E-state index in [2.05, 4.69) is 4.90 Å². The molecule has 1 fully saturated rings. The summed E-state index contributed by atoms with van der Waals surface area (Å²) in [7, 11) is -1.93. The normalized spacial score (nSPS) is 15.5. The van der Waals surface area contributed by atoms with Crippen molar-refractivity contribution in [1.29, 1.82) is 0 Å². The molecule has 6 nitrogen and oxygen atoms in total. The molecule has 0 bridgehead atoms. The van der Waals surface area contributed by atoms with Crippen molar-refractivity contribution in [2.24, 2.45) is 0 Å². The molecule has 0 unspecified atom stereocenters. The molecule has 0 saturated carbocycles. The van der Waals surface area contributed by atoms with E-state index >= 15 is 0 Å². The standard InChI is InChI=1S/C20H23FN2O4S/c1-27-19-7-6-15(12-18(19)21)14-22-8-10-23(11-9-22)20(24)16-4-3-5-17(13-16)28(2,25)26/h3-7,12-13H,8-11,14H2,1-2H3. The number of piperazine rings is 1. The van der Waals surface area contributed by atoms with Crippen LogP contribution in [-0.2, 0) is 16.4 Å². The van der Waals surface area contributed by atoms with Crippen LogP contribution in [0, 0.1) is 5.82 Å². The molecule has 8 heteroatoms. The van der Waals surface area contributed by atoms with Crippen LogP contribution in [-0.4, -0.2) is 63.7 Å². The van der Waals surface area contributed by atoms with Crippen molar-refractivity contribution >= 4 is 15.7 Å². The monoisotopic (exact) mass is 406 g/mol. The van der Waals surface area contributed by atoms with E-state index in [4.69, 9.17) is 4.74 Å². The van der Waals surface area contributed by atoms with Gasteiger partial charge < -0.3 is 9.64 Å². The van der Waals surface area contributed by atoms with Crippen LogP contribution < -0.4 is 4.74 Å². The van der Waals surface area contributed by atoms with Gasteiger partial charge in [-0.15, -0.1) is 0 Å². The highest BCUT2D eigenvalue weighted by atomic mass is 32.2. The number of methoxy groups -OCH3 is 1. The molecule has 0 spiro atoms. The zero-order valence-electron chi connectivity index (χ0n) is 15.9. The van der Waals surface area contributed by atoms with Crippen molar-refractivity contribution in [2.45, 2.75) is 11.4 Å². The molecule has 1 amide bonds. The van der Waals surface area contributed by atoms with Gasteiger partial charge in [-0.2, -0.15) is 0 Å². The number of sulfone groups is 1. The topological polar surface area (TPSA) is 66.9 Å². The molecule has 1 saturated heterocycles. The van der Waals surface area contributed by atoms with Crippen molar-refractivity contribution in [3.8, 4) is 5.75 Å². The molecule has 1 heterocycles. The molecular weight excluding hydrogens is 383 g/mol. The highest BCUT2D eigenvalue weighted by Gasteiger charge is 2.23. The van der Waals surface area contributed by atoms with Gasteiger partial charge in [0.25, 0.3) is 5.91 Å². The number of nitrogens with zero attached hydrogens (tertiary/aromatic N) is 2. The molecule has 28 heavy (non-hydrogen) atoms. The minimum Gasteiger partial charge on any atom is -0.494 e. The van der Waals surface area contributed by atoms with Crippen molar-refractivity contribution < 1.29 is 22.3 Å². The Kier molecular flexibility index (Phi) is 6.00. The zero-order chi connectivity index (χ0) is 20.3. The van der Waals surface area contributed by atoms with Crippen LogP contribution >= 0.6 is 0 Å². The Labute approximate surface area is 164 Å². The molecule has 1 aliphatic heterocycles. The summed E-state index contributed by atoms with van der Waals surface area (Å²) in [5.74, 6) is -0.351. The highest BCUT2D eigenvalue weighted by Crippen LogP contribution is 2.20. The van der Waals surface area contributed by atoms with Crippen molar-refractivity contribution in [3.05, 3.63) is 59.4 Å². The Balaban J connectivity index is 1.61. The van der Waals surface area contributed by atoms with Crippen LogP contribution in [0.1, 0.15) is 15.9 Å². The second kappa shape index (κ2) is 8.28. The van der Waals surface area contributed by atoms with Crippen LogP contribution in [0.15, 0.2) is 47.4 Å². The molecule has 1 aliphatic rings. The highest BCUT2D eigenvalue weighted by molar-refractivity contribution is 7.90. The molecular formula is C20H23FN2O4S. The van der Waals surface area contributed by atoms with Gasteiger partial charge in [0.2, 0.25) is 0 Å². The lowest BCUT2D eigenvalue weighted by atomic mass is 10.1. The number of rotatable bonds is 5. The zero-order valence-corrected chi connectivity index (χ0v) is 16.7. The third kappa shape index (κ3) is 4.69. The van der Waals surface area contributed by atoms with Crippen LogP contribution in [0.3, 0.4) is 0 Å². The third-order valence-corrected chi connectivity index (χ3v) is 5.90. The van der Waals surface area contributed by atoms with Gasteiger partial charge >= 0.3 is 0 Å². The number of carbonyl (C=O) groups is 1. The Morgan fingerprint density at radius 3 is 2.43 bits per heavy atom. The van der Waals surface area contributed by atoms with Crippen LogP contribution in [0.4, 0.5) is 4.39 Å². The smallest absolute Gasteiger partial charge is 0.253 e. The SMILES string of the molecule is COc1ccc(CN2CCN(C(=O)c3cccc(S(C)(=O)=O)c3)CC2)cc1F. The lowest BCUT2D eigenvalue weighted by Crippen LogP contribution is -2.48. The number of benzene rings is 2. The maximum atomic E-state index is 13.8. The van der Waals surface area contributed by atoms with E-state index in [1.165, 1.54) is 25.3 Å². The third-order valence-electron chi connectivity index (χ3n) is 4.79. The maximum Gasteiger partial charge on any atom is 0.253 e.